The topological polar surface area (TPSA) is 58.6 Å². The van der Waals surface area contributed by atoms with E-state index >= 15 is 0 Å². The summed E-state index contributed by atoms with van der Waals surface area (Å²) in [6.07, 6.45) is 0. The highest BCUT2D eigenvalue weighted by molar-refractivity contribution is 6.32. The summed E-state index contributed by atoms with van der Waals surface area (Å²) in [5, 5.41) is 2.10. The smallest absolute Gasteiger partial charge is 0.330 e. The summed E-state index contributed by atoms with van der Waals surface area (Å²) in [6, 6.07) is 7.65. The van der Waals surface area contributed by atoms with Crippen LogP contribution in [0.25, 0.3) is 11.0 Å². The number of carbonyl (C=O) groups excluding carboxylic acids is 1. The normalized spacial score (nSPS) is 16.4. The quantitative estimate of drug-likeness (QED) is 0.831. The van der Waals surface area contributed by atoms with Crippen molar-refractivity contribution in [2.75, 3.05) is 31.1 Å². The number of hydroxylamine groups is 2. The third-order valence-corrected chi connectivity index (χ3v) is 4.13. The Hall–Kier alpha value is -1.92. The summed E-state index contributed by atoms with van der Waals surface area (Å²) in [7, 11) is 0. The van der Waals surface area contributed by atoms with E-state index in [-0.39, 0.29) is 5.97 Å². The minimum Gasteiger partial charge on any atom is -0.367 e. The second-order valence-electron chi connectivity index (χ2n) is 6.87. The van der Waals surface area contributed by atoms with E-state index in [4.69, 9.17) is 16.4 Å². The highest BCUT2D eigenvalue weighted by atomic mass is 35.5. The molecule has 0 amide bonds. The zero-order valence-electron chi connectivity index (χ0n) is 14.1. The van der Waals surface area contributed by atoms with Crippen LogP contribution in [-0.4, -0.2) is 47.2 Å². The molecule has 1 saturated heterocycles. The number of para-hydroxylation sites is 2. The maximum Gasteiger partial charge on any atom is 0.330 e. The fourth-order valence-corrected chi connectivity index (χ4v) is 2.67. The molecule has 0 spiro atoms. The minimum atomic E-state index is -0.510. The first-order chi connectivity index (χ1) is 11.3. The molecule has 0 atom stereocenters. The van der Waals surface area contributed by atoms with E-state index in [1.165, 1.54) is 0 Å². The number of benzene rings is 1. The number of rotatable bonds is 2. The van der Waals surface area contributed by atoms with Gasteiger partial charge < -0.3 is 9.74 Å². The summed E-state index contributed by atoms with van der Waals surface area (Å²) in [5.74, 6) is 0.455. The van der Waals surface area contributed by atoms with Crippen molar-refractivity contribution in [3.05, 3.63) is 29.4 Å². The SMILES string of the molecule is CC(C)(C)C(=O)ON1CCN(c2nc3ccccc3nc2Cl)CC1. The Bertz CT molecular complexity index is 752. The molecule has 0 unspecified atom stereocenters. The number of hydrogen-bond acceptors (Lipinski definition) is 6. The predicted molar refractivity (Wildman–Crippen MR) is 93.9 cm³/mol. The van der Waals surface area contributed by atoms with Gasteiger partial charge in [-0.05, 0) is 32.9 Å². The maximum absolute atomic E-state index is 12.0. The lowest BCUT2D eigenvalue weighted by atomic mass is 9.98. The summed E-state index contributed by atoms with van der Waals surface area (Å²) in [6.45, 7) is 8.08. The molecule has 1 aliphatic heterocycles. The molecule has 0 bridgehead atoms. The number of nitrogens with zero attached hydrogens (tertiary/aromatic N) is 4. The maximum atomic E-state index is 12.0. The van der Waals surface area contributed by atoms with Gasteiger partial charge in [-0.1, -0.05) is 23.7 Å². The van der Waals surface area contributed by atoms with E-state index in [2.05, 4.69) is 14.9 Å². The molecule has 1 aliphatic rings. The Kier molecular flexibility index (Phi) is 4.60. The van der Waals surface area contributed by atoms with Gasteiger partial charge in [-0.25, -0.2) is 14.8 Å². The molecular weight excluding hydrogens is 328 g/mol. The van der Waals surface area contributed by atoms with Crippen LogP contribution in [0.1, 0.15) is 20.8 Å². The van der Waals surface area contributed by atoms with Crippen molar-refractivity contribution in [2.24, 2.45) is 5.41 Å². The van der Waals surface area contributed by atoms with Crippen LogP contribution in [0.2, 0.25) is 5.15 Å². The second-order valence-corrected chi connectivity index (χ2v) is 7.23. The van der Waals surface area contributed by atoms with Gasteiger partial charge in [0.2, 0.25) is 0 Å². The van der Waals surface area contributed by atoms with Gasteiger partial charge in [0.15, 0.2) is 11.0 Å². The van der Waals surface area contributed by atoms with Gasteiger partial charge in [0.25, 0.3) is 0 Å². The first kappa shape index (κ1) is 16.9. The average molecular weight is 349 g/mol. The van der Waals surface area contributed by atoms with Crippen molar-refractivity contribution in [2.45, 2.75) is 20.8 Å². The van der Waals surface area contributed by atoms with Crippen molar-refractivity contribution in [3.63, 3.8) is 0 Å². The van der Waals surface area contributed by atoms with Crippen molar-refractivity contribution in [1.82, 2.24) is 15.0 Å². The lowest BCUT2D eigenvalue weighted by Crippen LogP contribution is -2.48. The largest absolute Gasteiger partial charge is 0.367 e. The molecule has 1 aromatic heterocycles. The molecule has 1 fully saturated rings. The third kappa shape index (κ3) is 3.60. The Balaban J connectivity index is 1.69. The third-order valence-electron chi connectivity index (χ3n) is 3.87. The second kappa shape index (κ2) is 6.53. The number of aromatic nitrogens is 2. The first-order valence-electron chi connectivity index (χ1n) is 7.99. The highest BCUT2D eigenvalue weighted by Crippen LogP contribution is 2.26. The van der Waals surface area contributed by atoms with Crippen LogP contribution in [0.5, 0.6) is 0 Å². The van der Waals surface area contributed by atoms with Gasteiger partial charge in [0.05, 0.1) is 29.5 Å². The molecule has 2 heterocycles. The number of fused-ring (bicyclic) bond motifs is 1. The van der Waals surface area contributed by atoms with Crippen LogP contribution in [0, 0.1) is 5.41 Å². The van der Waals surface area contributed by atoms with Gasteiger partial charge >= 0.3 is 5.97 Å². The van der Waals surface area contributed by atoms with Gasteiger partial charge in [-0.3, -0.25) is 0 Å². The van der Waals surface area contributed by atoms with E-state index in [0.29, 0.717) is 37.1 Å². The summed E-state index contributed by atoms with van der Waals surface area (Å²) in [4.78, 5) is 28.5. The van der Waals surface area contributed by atoms with E-state index < -0.39 is 5.41 Å². The van der Waals surface area contributed by atoms with Crippen molar-refractivity contribution >= 4 is 34.4 Å². The van der Waals surface area contributed by atoms with E-state index in [1.54, 1.807) is 5.06 Å². The molecular formula is C17H21ClN4O2. The number of carbonyl (C=O) groups is 1. The lowest BCUT2D eigenvalue weighted by Gasteiger charge is -2.35. The minimum absolute atomic E-state index is 0.223. The molecule has 2 aromatic rings. The van der Waals surface area contributed by atoms with Crippen molar-refractivity contribution in [1.29, 1.82) is 0 Å². The molecule has 1 aromatic carbocycles. The zero-order valence-corrected chi connectivity index (χ0v) is 14.9. The van der Waals surface area contributed by atoms with Crippen LogP contribution in [-0.2, 0) is 9.63 Å². The Morgan fingerprint density at radius 3 is 2.25 bits per heavy atom. The summed E-state index contributed by atoms with van der Waals surface area (Å²) < 4.78 is 0. The summed E-state index contributed by atoms with van der Waals surface area (Å²) in [5.41, 5.74) is 1.09. The zero-order chi connectivity index (χ0) is 17.3. The monoisotopic (exact) mass is 348 g/mol. The molecule has 128 valence electrons. The Morgan fingerprint density at radius 2 is 1.67 bits per heavy atom. The molecule has 0 N–H and O–H groups in total. The van der Waals surface area contributed by atoms with E-state index in [9.17, 15) is 4.79 Å². The van der Waals surface area contributed by atoms with E-state index in [0.717, 1.165) is 11.0 Å². The Labute approximate surface area is 146 Å². The van der Waals surface area contributed by atoms with Crippen molar-refractivity contribution < 1.29 is 9.63 Å². The number of hydrogen-bond donors (Lipinski definition) is 0. The van der Waals surface area contributed by atoms with Gasteiger partial charge in [-0.2, -0.15) is 0 Å². The first-order valence-corrected chi connectivity index (χ1v) is 8.37. The van der Waals surface area contributed by atoms with Gasteiger partial charge in [0, 0.05) is 13.1 Å². The average Bonchev–Trinajstić information content (AvgIpc) is 2.54. The number of halogens is 1. The lowest BCUT2D eigenvalue weighted by molar-refractivity contribution is -0.201. The molecule has 3 rings (SSSR count). The Morgan fingerprint density at radius 1 is 1.08 bits per heavy atom. The fourth-order valence-electron chi connectivity index (χ4n) is 2.42. The molecule has 0 radical (unpaired) electrons. The molecule has 24 heavy (non-hydrogen) atoms. The van der Waals surface area contributed by atoms with Crippen LogP contribution < -0.4 is 4.90 Å². The number of piperazine rings is 1. The summed E-state index contributed by atoms with van der Waals surface area (Å²) >= 11 is 6.30. The van der Waals surface area contributed by atoms with Gasteiger partial charge in [0.1, 0.15) is 0 Å². The molecule has 7 heteroatoms. The standard InChI is InChI=1S/C17H21ClN4O2/c1-17(2,3)16(23)24-22-10-8-21(9-11-22)15-14(18)19-12-6-4-5-7-13(12)20-15/h4-7H,8-11H2,1-3H3. The molecule has 6 nitrogen and oxygen atoms in total. The number of anilines is 1. The van der Waals surface area contributed by atoms with Crippen LogP contribution in [0.3, 0.4) is 0 Å². The van der Waals surface area contributed by atoms with E-state index in [1.807, 2.05) is 45.0 Å². The van der Waals surface area contributed by atoms with Crippen LogP contribution in [0.4, 0.5) is 5.82 Å². The molecule has 0 aliphatic carbocycles. The highest BCUT2D eigenvalue weighted by Gasteiger charge is 2.28. The van der Waals surface area contributed by atoms with Crippen LogP contribution in [0.15, 0.2) is 24.3 Å². The van der Waals surface area contributed by atoms with Crippen molar-refractivity contribution in [3.8, 4) is 0 Å². The van der Waals surface area contributed by atoms with Crippen LogP contribution >= 0.6 is 11.6 Å². The fraction of sp³-hybridized carbons (Fsp3) is 0.471. The molecule has 0 saturated carbocycles. The van der Waals surface area contributed by atoms with Gasteiger partial charge in [-0.15, -0.1) is 5.06 Å². The predicted octanol–water partition coefficient (Wildman–Crippen LogP) is 2.91.